The zero-order chi connectivity index (χ0) is 13.0. The van der Waals surface area contributed by atoms with E-state index in [9.17, 15) is 9.18 Å². The van der Waals surface area contributed by atoms with Crippen molar-refractivity contribution in [1.82, 2.24) is 4.90 Å². The summed E-state index contributed by atoms with van der Waals surface area (Å²) in [5.41, 5.74) is 0.895. The van der Waals surface area contributed by atoms with E-state index in [0.717, 1.165) is 38.2 Å². The molecule has 0 atom stereocenters. The Bertz CT molecular complexity index is 399. The highest BCUT2D eigenvalue weighted by atomic mass is 19.1. The first-order valence-electron chi connectivity index (χ1n) is 6.49. The topological polar surface area (TPSA) is 23.6 Å². The monoisotopic (exact) mass is 250 g/mol. The molecular formula is C14H19FN2O. The number of carbonyl (C=O) groups is 1. The number of nitrogens with zero attached hydrogens (tertiary/aromatic N) is 2. The highest BCUT2D eigenvalue weighted by Crippen LogP contribution is 2.15. The first kappa shape index (κ1) is 12.9. The molecule has 2 rings (SSSR count). The molecule has 18 heavy (non-hydrogen) atoms. The SMILES string of the molecule is CCN(CC(=O)N1CCCC1)c1ccc(F)cc1. The highest BCUT2D eigenvalue weighted by molar-refractivity contribution is 5.81. The summed E-state index contributed by atoms with van der Waals surface area (Å²) in [7, 11) is 0. The number of anilines is 1. The van der Waals surface area contributed by atoms with Gasteiger partial charge in [-0.1, -0.05) is 0 Å². The molecule has 4 heteroatoms. The van der Waals surface area contributed by atoms with Gasteiger partial charge >= 0.3 is 0 Å². The molecule has 1 aliphatic rings. The van der Waals surface area contributed by atoms with E-state index >= 15 is 0 Å². The number of likely N-dealkylation sites (tertiary alicyclic amines) is 1. The Hall–Kier alpha value is -1.58. The van der Waals surface area contributed by atoms with Gasteiger partial charge in [0.1, 0.15) is 5.82 Å². The van der Waals surface area contributed by atoms with Gasteiger partial charge < -0.3 is 9.80 Å². The van der Waals surface area contributed by atoms with Crippen LogP contribution in [0.1, 0.15) is 19.8 Å². The van der Waals surface area contributed by atoms with Crippen molar-refractivity contribution in [3.63, 3.8) is 0 Å². The van der Waals surface area contributed by atoms with Crippen LogP contribution in [0.3, 0.4) is 0 Å². The molecule has 0 spiro atoms. The van der Waals surface area contributed by atoms with E-state index in [1.165, 1.54) is 12.1 Å². The van der Waals surface area contributed by atoms with Crippen molar-refractivity contribution in [2.75, 3.05) is 31.1 Å². The normalized spacial score (nSPS) is 14.9. The highest BCUT2D eigenvalue weighted by Gasteiger charge is 2.19. The van der Waals surface area contributed by atoms with E-state index in [1.807, 2.05) is 16.7 Å². The molecule has 1 aromatic carbocycles. The summed E-state index contributed by atoms with van der Waals surface area (Å²) in [6, 6.07) is 6.29. The minimum Gasteiger partial charge on any atom is -0.362 e. The summed E-state index contributed by atoms with van der Waals surface area (Å²) in [6.45, 7) is 4.87. The van der Waals surface area contributed by atoms with E-state index < -0.39 is 0 Å². The third-order valence-electron chi connectivity index (χ3n) is 3.36. The number of hydrogen-bond acceptors (Lipinski definition) is 2. The number of likely N-dealkylation sites (N-methyl/N-ethyl adjacent to an activating group) is 1. The molecule has 0 bridgehead atoms. The van der Waals surface area contributed by atoms with E-state index in [2.05, 4.69) is 0 Å². The molecule has 0 aliphatic carbocycles. The van der Waals surface area contributed by atoms with Crippen molar-refractivity contribution >= 4 is 11.6 Å². The standard InChI is InChI=1S/C14H19FN2O/c1-2-16(13-7-5-12(15)6-8-13)11-14(18)17-9-3-4-10-17/h5-8H,2-4,9-11H2,1H3. The first-order chi connectivity index (χ1) is 8.70. The van der Waals surface area contributed by atoms with E-state index in [0.29, 0.717) is 6.54 Å². The second-order valence-electron chi connectivity index (χ2n) is 4.58. The molecule has 1 amide bonds. The average Bonchev–Trinajstić information content (AvgIpc) is 2.91. The lowest BCUT2D eigenvalue weighted by Crippen LogP contribution is -2.39. The Morgan fingerprint density at radius 2 is 1.89 bits per heavy atom. The van der Waals surface area contributed by atoms with Crippen molar-refractivity contribution in [2.24, 2.45) is 0 Å². The van der Waals surface area contributed by atoms with Crippen molar-refractivity contribution in [3.8, 4) is 0 Å². The second kappa shape index (κ2) is 5.85. The van der Waals surface area contributed by atoms with Crippen LogP contribution in [-0.4, -0.2) is 37.0 Å². The molecule has 1 saturated heterocycles. The van der Waals surface area contributed by atoms with Crippen molar-refractivity contribution < 1.29 is 9.18 Å². The van der Waals surface area contributed by atoms with Crippen LogP contribution < -0.4 is 4.90 Å². The van der Waals surface area contributed by atoms with E-state index in [1.54, 1.807) is 12.1 Å². The van der Waals surface area contributed by atoms with Gasteiger partial charge in [-0.15, -0.1) is 0 Å². The van der Waals surface area contributed by atoms with Crippen LogP contribution in [0.25, 0.3) is 0 Å². The molecule has 0 radical (unpaired) electrons. The third kappa shape index (κ3) is 3.00. The third-order valence-corrected chi connectivity index (χ3v) is 3.36. The quantitative estimate of drug-likeness (QED) is 0.818. The summed E-state index contributed by atoms with van der Waals surface area (Å²) in [6.07, 6.45) is 2.21. The summed E-state index contributed by atoms with van der Waals surface area (Å²) in [4.78, 5) is 15.9. The van der Waals surface area contributed by atoms with Crippen molar-refractivity contribution in [1.29, 1.82) is 0 Å². The first-order valence-corrected chi connectivity index (χ1v) is 6.49. The van der Waals surface area contributed by atoms with Crippen LogP contribution in [0.2, 0.25) is 0 Å². The smallest absolute Gasteiger partial charge is 0.242 e. The van der Waals surface area contributed by atoms with Gasteiger partial charge in [0.25, 0.3) is 0 Å². The Morgan fingerprint density at radius 1 is 1.28 bits per heavy atom. The van der Waals surface area contributed by atoms with Crippen LogP contribution in [0.15, 0.2) is 24.3 Å². The predicted molar refractivity (Wildman–Crippen MR) is 70.1 cm³/mol. The lowest BCUT2D eigenvalue weighted by molar-refractivity contribution is -0.128. The van der Waals surface area contributed by atoms with E-state index in [4.69, 9.17) is 0 Å². The molecule has 0 saturated carbocycles. The molecule has 1 aliphatic heterocycles. The number of halogens is 1. The molecule has 98 valence electrons. The molecule has 0 unspecified atom stereocenters. The Kier molecular flexibility index (Phi) is 4.18. The Labute approximate surface area is 107 Å². The Balaban J connectivity index is 2.00. The van der Waals surface area contributed by atoms with Gasteiger partial charge in [-0.25, -0.2) is 4.39 Å². The zero-order valence-corrected chi connectivity index (χ0v) is 10.7. The minimum absolute atomic E-state index is 0.165. The summed E-state index contributed by atoms with van der Waals surface area (Å²) >= 11 is 0. The van der Waals surface area contributed by atoms with Crippen molar-refractivity contribution in [3.05, 3.63) is 30.1 Å². The molecule has 1 fully saturated rings. The van der Waals surface area contributed by atoms with E-state index in [-0.39, 0.29) is 11.7 Å². The molecule has 0 aromatic heterocycles. The number of benzene rings is 1. The summed E-state index contributed by atoms with van der Waals surface area (Å²) in [5.74, 6) is -0.0839. The summed E-state index contributed by atoms with van der Waals surface area (Å²) < 4.78 is 12.9. The lowest BCUT2D eigenvalue weighted by atomic mass is 10.2. The van der Waals surface area contributed by atoms with Crippen LogP contribution in [0, 0.1) is 5.82 Å². The van der Waals surface area contributed by atoms with Gasteiger partial charge in [0.05, 0.1) is 6.54 Å². The number of carbonyl (C=O) groups excluding carboxylic acids is 1. The second-order valence-corrected chi connectivity index (χ2v) is 4.58. The lowest BCUT2D eigenvalue weighted by Gasteiger charge is -2.25. The largest absolute Gasteiger partial charge is 0.362 e. The maximum absolute atomic E-state index is 12.9. The van der Waals surface area contributed by atoms with Crippen LogP contribution in [0.4, 0.5) is 10.1 Å². The van der Waals surface area contributed by atoms with Crippen LogP contribution in [-0.2, 0) is 4.79 Å². The minimum atomic E-state index is -0.249. The fourth-order valence-electron chi connectivity index (χ4n) is 2.27. The fraction of sp³-hybridized carbons (Fsp3) is 0.500. The zero-order valence-electron chi connectivity index (χ0n) is 10.7. The number of rotatable bonds is 4. The number of hydrogen-bond donors (Lipinski definition) is 0. The van der Waals surface area contributed by atoms with Gasteiger partial charge in [0, 0.05) is 25.3 Å². The van der Waals surface area contributed by atoms with Gasteiger partial charge in [-0.2, -0.15) is 0 Å². The predicted octanol–water partition coefficient (Wildman–Crippen LogP) is 2.27. The number of amides is 1. The van der Waals surface area contributed by atoms with Crippen molar-refractivity contribution in [2.45, 2.75) is 19.8 Å². The molecule has 0 N–H and O–H groups in total. The average molecular weight is 250 g/mol. The van der Waals surface area contributed by atoms with Gasteiger partial charge in [-0.3, -0.25) is 4.79 Å². The molecule has 3 nitrogen and oxygen atoms in total. The Morgan fingerprint density at radius 3 is 2.44 bits per heavy atom. The van der Waals surface area contributed by atoms with Gasteiger partial charge in [-0.05, 0) is 44.0 Å². The molecule has 1 aromatic rings. The maximum Gasteiger partial charge on any atom is 0.242 e. The summed E-state index contributed by atoms with van der Waals surface area (Å²) in [5, 5.41) is 0. The molecular weight excluding hydrogens is 231 g/mol. The maximum atomic E-state index is 12.9. The molecule has 1 heterocycles. The van der Waals surface area contributed by atoms with Crippen LogP contribution >= 0.6 is 0 Å². The van der Waals surface area contributed by atoms with Crippen LogP contribution in [0.5, 0.6) is 0 Å². The van der Waals surface area contributed by atoms with Gasteiger partial charge in [0.2, 0.25) is 5.91 Å². The fourth-order valence-corrected chi connectivity index (χ4v) is 2.27. The van der Waals surface area contributed by atoms with Gasteiger partial charge in [0.15, 0.2) is 0 Å².